The first-order valence-electron chi connectivity index (χ1n) is 5.45. The van der Waals surface area contributed by atoms with Gasteiger partial charge in [0, 0.05) is 6.54 Å². The van der Waals surface area contributed by atoms with Crippen molar-refractivity contribution in [3.8, 4) is 11.5 Å². The second kappa shape index (κ2) is 4.87. The number of hydrogen-bond donors (Lipinski definition) is 2. The fourth-order valence-corrected chi connectivity index (χ4v) is 1.55. The zero-order valence-electron chi connectivity index (χ0n) is 9.85. The van der Waals surface area contributed by atoms with Gasteiger partial charge in [-0.05, 0) is 19.1 Å². The van der Waals surface area contributed by atoms with Crippen LogP contribution >= 0.6 is 0 Å². The summed E-state index contributed by atoms with van der Waals surface area (Å²) in [4.78, 5) is 0. The van der Waals surface area contributed by atoms with Crippen molar-refractivity contribution in [2.24, 2.45) is 5.73 Å². The number of halogens is 1. The number of nitrogens with two attached hydrogens (primary N) is 1. The van der Waals surface area contributed by atoms with E-state index in [0.717, 1.165) is 0 Å². The van der Waals surface area contributed by atoms with E-state index in [-0.39, 0.29) is 17.1 Å². The molecule has 18 heavy (non-hydrogen) atoms. The Hall–Kier alpha value is -2.37. The van der Waals surface area contributed by atoms with Crippen molar-refractivity contribution >= 4 is 5.84 Å². The summed E-state index contributed by atoms with van der Waals surface area (Å²) in [5.41, 5.74) is 5.30. The quantitative estimate of drug-likeness (QED) is 0.642. The number of aromatic nitrogens is 2. The van der Waals surface area contributed by atoms with E-state index in [1.807, 2.05) is 6.92 Å². The van der Waals surface area contributed by atoms with Gasteiger partial charge in [0.15, 0.2) is 5.75 Å². The molecular formula is C12H13FN4O. The summed E-state index contributed by atoms with van der Waals surface area (Å²) in [6.07, 6.45) is 3.22. The minimum atomic E-state index is -0.581. The molecule has 2 rings (SSSR count). The smallest absolute Gasteiger partial charge is 0.165 e. The van der Waals surface area contributed by atoms with E-state index < -0.39 is 5.82 Å². The second-order valence-electron chi connectivity index (χ2n) is 3.66. The summed E-state index contributed by atoms with van der Waals surface area (Å²) in [6, 6.07) is 4.30. The highest BCUT2D eigenvalue weighted by molar-refractivity contribution is 5.97. The van der Waals surface area contributed by atoms with Gasteiger partial charge >= 0.3 is 0 Å². The van der Waals surface area contributed by atoms with Crippen LogP contribution in [-0.4, -0.2) is 15.6 Å². The van der Waals surface area contributed by atoms with Gasteiger partial charge in [-0.2, -0.15) is 5.10 Å². The van der Waals surface area contributed by atoms with Crippen LogP contribution in [0.4, 0.5) is 4.39 Å². The molecule has 0 radical (unpaired) electrons. The molecule has 0 spiro atoms. The molecule has 6 heteroatoms. The Morgan fingerprint density at radius 2 is 2.33 bits per heavy atom. The van der Waals surface area contributed by atoms with Gasteiger partial charge in [0.25, 0.3) is 0 Å². The molecule has 0 fully saturated rings. The molecule has 0 unspecified atom stereocenters. The van der Waals surface area contributed by atoms with Crippen LogP contribution in [0.1, 0.15) is 12.5 Å². The number of ether oxygens (including phenoxy) is 1. The molecule has 94 valence electrons. The van der Waals surface area contributed by atoms with Crippen LogP contribution in [-0.2, 0) is 6.54 Å². The highest BCUT2D eigenvalue weighted by Crippen LogP contribution is 2.26. The fraction of sp³-hybridized carbons (Fsp3) is 0.167. The topological polar surface area (TPSA) is 76.9 Å². The van der Waals surface area contributed by atoms with Gasteiger partial charge in [0.1, 0.15) is 17.4 Å². The Bertz CT molecular complexity index is 579. The third-order valence-corrected chi connectivity index (χ3v) is 2.41. The normalized spacial score (nSPS) is 10.3. The van der Waals surface area contributed by atoms with E-state index in [1.165, 1.54) is 18.3 Å². The standard InChI is InChI=1S/C12H13FN4O/c1-2-17-7-8(6-16-17)18-10-5-3-4-9(13)11(10)12(14)15/h3-7H,2H2,1H3,(H3,14,15). The Morgan fingerprint density at radius 1 is 1.56 bits per heavy atom. The van der Waals surface area contributed by atoms with Gasteiger partial charge in [0.05, 0.1) is 18.0 Å². The molecule has 0 aliphatic carbocycles. The largest absolute Gasteiger partial charge is 0.453 e. The van der Waals surface area contributed by atoms with Gasteiger partial charge in [-0.25, -0.2) is 4.39 Å². The zero-order chi connectivity index (χ0) is 13.1. The zero-order valence-corrected chi connectivity index (χ0v) is 9.85. The second-order valence-corrected chi connectivity index (χ2v) is 3.66. The number of amidine groups is 1. The van der Waals surface area contributed by atoms with Crippen molar-refractivity contribution < 1.29 is 9.13 Å². The maximum Gasteiger partial charge on any atom is 0.165 e. The predicted octanol–water partition coefficient (Wildman–Crippen LogP) is 2.12. The summed E-state index contributed by atoms with van der Waals surface area (Å²) in [5.74, 6) is -0.267. The Morgan fingerprint density at radius 3 is 2.94 bits per heavy atom. The minimum Gasteiger partial charge on any atom is -0.453 e. The lowest BCUT2D eigenvalue weighted by molar-refractivity contribution is 0.474. The summed E-state index contributed by atoms with van der Waals surface area (Å²) in [6.45, 7) is 2.66. The predicted molar refractivity (Wildman–Crippen MR) is 65.4 cm³/mol. The number of nitrogens with one attached hydrogen (secondary N) is 1. The number of hydrogen-bond acceptors (Lipinski definition) is 3. The molecule has 0 saturated heterocycles. The van der Waals surface area contributed by atoms with E-state index in [0.29, 0.717) is 12.3 Å². The highest BCUT2D eigenvalue weighted by atomic mass is 19.1. The van der Waals surface area contributed by atoms with Crippen LogP contribution in [0.5, 0.6) is 11.5 Å². The lowest BCUT2D eigenvalue weighted by atomic mass is 10.1. The Balaban J connectivity index is 2.34. The Kier molecular flexibility index (Phi) is 3.27. The maximum atomic E-state index is 13.6. The SMILES string of the molecule is CCn1cc(Oc2cccc(F)c2C(=N)N)cn1. The average Bonchev–Trinajstić information content (AvgIpc) is 2.76. The van der Waals surface area contributed by atoms with Gasteiger partial charge in [-0.3, -0.25) is 10.1 Å². The molecule has 5 nitrogen and oxygen atoms in total. The first-order chi connectivity index (χ1) is 8.61. The van der Waals surface area contributed by atoms with E-state index >= 15 is 0 Å². The molecular weight excluding hydrogens is 235 g/mol. The number of nitrogen functional groups attached to an aromatic ring is 1. The van der Waals surface area contributed by atoms with Crippen LogP contribution in [0, 0.1) is 11.2 Å². The minimum absolute atomic E-state index is 0.0400. The van der Waals surface area contributed by atoms with Crippen molar-refractivity contribution in [3.05, 3.63) is 42.0 Å². The Labute approximate surface area is 103 Å². The van der Waals surface area contributed by atoms with Crippen LogP contribution in [0.3, 0.4) is 0 Å². The summed E-state index contributed by atoms with van der Waals surface area (Å²) < 4.78 is 20.7. The lowest BCUT2D eigenvalue weighted by Crippen LogP contribution is -2.14. The van der Waals surface area contributed by atoms with E-state index in [4.69, 9.17) is 15.9 Å². The highest BCUT2D eigenvalue weighted by Gasteiger charge is 2.13. The van der Waals surface area contributed by atoms with E-state index in [2.05, 4.69) is 5.10 Å². The number of benzene rings is 1. The molecule has 0 saturated carbocycles. The summed E-state index contributed by atoms with van der Waals surface area (Å²) in [5, 5.41) is 11.4. The molecule has 0 amide bonds. The molecule has 2 aromatic rings. The van der Waals surface area contributed by atoms with Crippen molar-refractivity contribution in [1.82, 2.24) is 9.78 Å². The van der Waals surface area contributed by atoms with Crippen LogP contribution in [0.25, 0.3) is 0 Å². The molecule has 1 aromatic carbocycles. The number of rotatable bonds is 4. The molecule has 0 atom stereocenters. The van der Waals surface area contributed by atoms with Crippen molar-refractivity contribution in [2.45, 2.75) is 13.5 Å². The van der Waals surface area contributed by atoms with E-state index in [9.17, 15) is 4.39 Å². The van der Waals surface area contributed by atoms with Crippen molar-refractivity contribution in [2.75, 3.05) is 0 Å². The first-order valence-corrected chi connectivity index (χ1v) is 5.45. The van der Waals surface area contributed by atoms with Crippen LogP contribution in [0.2, 0.25) is 0 Å². The monoisotopic (exact) mass is 248 g/mol. The molecule has 3 N–H and O–H groups in total. The summed E-state index contributed by atoms with van der Waals surface area (Å²) >= 11 is 0. The lowest BCUT2D eigenvalue weighted by Gasteiger charge is -2.09. The molecule has 1 aromatic heterocycles. The van der Waals surface area contributed by atoms with Crippen LogP contribution in [0.15, 0.2) is 30.6 Å². The fourth-order valence-electron chi connectivity index (χ4n) is 1.55. The molecule has 1 heterocycles. The van der Waals surface area contributed by atoms with Gasteiger partial charge in [-0.15, -0.1) is 0 Å². The van der Waals surface area contributed by atoms with Crippen molar-refractivity contribution in [3.63, 3.8) is 0 Å². The summed E-state index contributed by atoms with van der Waals surface area (Å²) in [7, 11) is 0. The van der Waals surface area contributed by atoms with Gasteiger partial charge in [-0.1, -0.05) is 6.07 Å². The third kappa shape index (κ3) is 2.32. The average molecular weight is 248 g/mol. The van der Waals surface area contributed by atoms with Crippen LogP contribution < -0.4 is 10.5 Å². The van der Waals surface area contributed by atoms with Gasteiger partial charge in [0.2, 0.25) is 0 Å². The number of aryl methyl sites for hydroxylation is 1. The number of nitrogens with zero attached hydrogens (tertiary/aromatic N) is 2. The van der Waals surface area contributed by atoms with Crippen molar-refractivity contribution in [1.29, 1.82) is 5.41 Å². The molecule has 0 bridgehead atoms. The molecule has 0 aliphatic rings. The van der Waals surface area contributed by atoms with E-state index in [1.54, 1.807) is 16.9 Å². The maximum absolute atomic E-state index is 13.6. The molecule has 0 aliphatic heterocycles. The third-order valence-electron chi connectivity index (χ3n) is 2.41. The van der Waals surface area contributed by atoms with Gasteiger partial charge < -0.3 is 10.5 Å². The first kappa shape index (κ1) is 12.1.